The fourth-order valence-corrected chi connectivity index (χ4v) is 7.86. The Hall–Kier alpha value is -4.53. The number of benzene rings is 2. The minimum Gasteiger partial charge on any atom is -0.462 e. The largest absolute Gasteiger partial charge is 0.462 e. The minimum absolute atomic E-state index is 0.0172. The molecule has 50 heavy (non-hydrogen) atoms. The molecule has 0 bridgehead atoms. The van der Waals surface area contributed by atoms with E-state index in [1.807, 2.05) is 18.0 Å². The number of hydrogen-bond acceptors (Lipinski definition) is 11. The highest BCUT2D eigenvalue weighted by Gasteiger charge is 2.40. The van der Waals surface area contributed by atoms with E-state index in [1.165, 1.54) is 12.0 Å². The fourth-order valence-electron chi connectivity index (χ4n) is 6.91. The molecule has 2 saturated heterocycles. The second-order valence-electron chi connectivity index (χ2n) is 12.2. The predicted octanol–water partition coefficient (Wildman–Crippen LogP) is 6.03. The second-order valence-corrected chi connectivity index (χ2v) is 13.3. The summed E-state index contributed by atoms with van der Waals surface area (Å²) in [6.45, 7) is 3.24. The van der Waals surface area contributed by atoms with Gasteiger partial charge in [0, 0.05) is 61.7 Å². The number of ether oxygens (including phenoxy) is 3. The van der Waals surface area contributed by atoms with Crippen molar-refractivity contribution in [1.82, 2.24) is 19.8 Å². The van der Waals surface area contributed by atoms with Crippen LogP contribution in [0.2, 0.25) is 0 Å². The van der Waals surface area contributed by atoms with Crippen LogP contribution in [0, 0.1) is 23.0 Å². The maximum atomic E-state index is 17.1. The molecule has 17 heteroatoms. The molecule has 2 aromatic heterocycles. The van der Waals surface area contributed by atoms with Crippen molar-refractivity contribution in [3.05, 3.63) is 41.0 Å². The normalized spacial score (nSPS) is 19.8. The highest BCUT2D eigenvalue weighted by molar-refractivity contribution is 7.23. The number of nitrogen functional groups attached to an aromatic ring is 1. The van der Waals surface area contributed by atoms with Crippen LogP contribution in [0.1, 0.15) is 30.9 Å². The number of alkyl halides is 3. The first-order valence-corrected chi connectivity index (χ1v) is 16.6. The summed E-state index contributed by atoms with van der Waals surface area (Å²) in [4.78, 5) is 26.4. The topological polar surface area (TPSA) is 130 Å². The van der Waals surface area contributed by atoms with Crippen LogP contribution in [0.3, 0.4) is 0 Å². The summed E-state index contributed by atoms with van der Waals surface area (Å²) < 4.78 is 93.2. The van der Waals surface area contributed by atoms with Gasteiger partial charge in [-0.25, -0.2) is 13.6 Å². The third-order valence-corrected chi connectivity index (χ3v) is 10.5. The van der Waals surface area contributed by atoms with E-state index in [1.54, 1.807) is 18.9 Å². The summed E-state index contributed by atoms with van der Waals surface area (Å²) in [6, 6.07) is 3.73. The Labute approximate surface area is 287 Å². The summed E-state index contributed by atoms with van der Waals surface area (Å²) in [6.07, 6.45) is -4.62. The maximum Gasteiger partial charge on any atom is 0.417 e. The van der Waals surface area contributed by atoms with Gasteiger partial charge in [-0.3, -0.25) is 4.90 Å². The van der Waals surface area contributed by atoms with Gasteiger partial charge in [0.05, 0.1) is 29.0 Å². The minimum atomic E-state index is -5.11. The van der Waals surface area contributed by atoms with Crippen molar-refractivity contribution in [2.24, 2.45) is 0 Å². The number of carbonyl (C=O) groups is 1. The van der Waals surface area contributed by atoms with Gasteiger partial charge in [0.1, 0.15) is 34.8 Å². The van der Waals surface area contributed by atoms with Crippen molar-refractivity contribution in [3.8, 4) is 23.2 Å². The molecule has 1 amide bonds. The Bertz CT molecular complexity index is 2000. The number of thiophene rings is 1. The van der Waals surface area contributed by atoms with Crippen molar-refractivity contribution < 1.29 is 41.0 Å². The summed E-state index contributed by atoms with van der Waals surface area (Å²) >= 11 is 0.686. The van der Waals surface area contributed by atoms with Gasteiger partial charge in [-0.2, -0.15) is 28.4 Å². The summed E-state index contributed by atoms with van der Waals surface area (Å²) in [7, 11) is 4.76. The number of nitrogens with two attached hydrogens (primary N) is 1. The Morgan fingerprint density at radius 2 is 1.98 bits per heavy atom. The van der Waals surface area contributed by atoms with Crippen LogP contribution in [-0.4, -0.2) is 98.1 Å². The molecule has 0 radical (unpaired) electrons. The number of halogens is 5. The molecule has 2 aromatic carbocycles. The summed E-state index contributed by atoms with van der Waals surface area (Å²) in [5, 5.41) is 9.23. The van der Waals surface area contributed by atoms with E-state index in [0.29, 0.717) is 37.3 Å². The summed E-state index contributed by atoms with van der Waals surface area (Å²) in [5.74, 6) is -2.20. The van der Waals surface area contributed by atoms with E-state index < -0.39 is 46.6 Å². The molecule has 0 spiro atoms. The van der Waals surface area contributed by atoms with Gasteiger partial charge < -0.3 is 29.7 Å². The number of hydrogen-bond donors (Lipinski definition) is 1. The number of carbonyl (C=O) groups excluding carboxylic acids is 1. The lowest BCUT2D eigenvalue weighted by Gasteiger charge is -2.30. The first kappa shape index (κ1) is 35.3. The van der Waals surface area contributed by atoms with E-state index >= 15 is 4.39 Å². The van der Waals surface area contributed by atoms with Gasteiger partial charge >= 0.3 is 18.3 Å². The number of rotatable bonds is 8. The first-order valence-electron chi connectivity index (χ1n) is 15.8. The molecule has 4 heterocycles. The SMILES string of the molecule is CCN(c1nc(OC[C@@H]2C[C@@H](OC)CN2C)nc2c(F)c(-c3ccc(F)c4sc(N)c(C#N)c34)c(C(F)(F)F)cc12)[C@H]1CCN(C(=O)OC)C1. The molecule has 11 nitrogen and oxygen atoms in total. The Morgan fingerprint density at radius 1 is 1.22 bits per heavy atom. The molecular formula is C33H34F5N7O4S. The van der Waals surface area contributed by atoms with Gasteiger partial charge in [0.15, 0.2) is 5.82 Å². The molecule has 3 atom stereocenters. The Morgan fingerprint density at radius 3 is 2.62 bits per heavy atom. The number of likely N-dealkylation sites (N-methyl/N-ethyl adjacent to an activating group) is 2. The van der Waals surface area contributed by atoms with Crippen LogP contribution < -0.4 is 15.4 Å². The average molecular weight is 720 g/mol. The Kier molecular flexibility index (Phi) is 9.64. The number of nitriles is 1. The van der Waals surface area contributed by atoms with E-state index in [9.17, 15) is 27.6 Å². The van der Waals surface area contributed by atoms with Crippen LogP contribution in [0.25, 0.3) is 32.1 Å². The van der Waals surface area contributed by atoms with E-state index in [2.05, 4.69) is 9.97 Å². The quantitative estimate of drug-likeness (QED) is 0.216. The fraction of sp³-hybridized carbons (Fsp3) is 0.455. The standard InChI is InChI=1S/C33H34F5N7O4S/c1-5-45(16-8-9-44(13-16)32(46)48-4)30-20-11-22(33(36,37)38)25(19-6-7-23(34)28-24(19)21(12-39)29(40)50-28)26(35)27(20)41-31(42-30)49-15-17-10-18(47-3)14-43(17)2/h6-7,11,16-18H,5,8-10,13-15,40H2,1-4H3/t16-,17-,18+/m0/s1. The molecule has 0 saturated carbocycles. The van der Waals surface area contributed by atoms with Crippen molar-refractivity contribution in [1.29, 1.82) is 5.26 Å². The third-order valence-electron chi connectivity index (χ3n) is 9.43. The second kappa shape index (κ2) is 13.6. The van der Waals surface area contributed by atoms with Gasteiger partial charge in [0.25, 0.3) is 0 Å². The van der Waals surface area contributed by atoms with Gasteiger partial charge in [-0.05, 0) is 44.5 Å². The van der Waals surface area contributed by atoms with Crippen LogP contribution in [0.5, 0.6) is 6.01 Å². The van der Waals surface area contributed by atoms with Crippen LogP contribution in [0.15, 0.2) is 18.2 Å². The number of aromatic nitrogens is 2. The number of anilines is 2. The van der Waals surface area contributed by atoms with Gasteiger partial charge in [0.2, 0.25) is 0 Å². The zero-order chi connectivity index (χ0) is 36.1. The number of methoxy groups -OCH3 is 2. The highest BCUT2D eigenvalue weighted by atomic mass is 32.1. The number of nitrogens with zero attached hydrogens (tertiary/aromatic N) is 6. The lowest BCUT2D eigenvalue weighted by molar-refractivity contribution is -0.137. The molecule has 2 N–H and O–H groups in total. The zero-order valence-corrected chi connectivity index (χ0v) is 28.4. The lowest BCUT2D eigenvalue weighted by atomic mass is 9.92. The monoisotopic (exact) mass is 719 g/mol. The van der Waals surface area contributed by atoms with E-state index in [0.717, 1.165) is 18.2 Å². The molecule has 0 unspecified atom stereocenters. The van der Waals surface area contributed by atoms with Crippen molar-refractivity contribution >= 4 is 49.2 Å². The number of amides is 1. The highest BCUT2D eigenvalue weighted by Crippen LogP contribution is 2.48. The predicted molar refractivity (Wildman–Crippen MR) is 177 cm³/mol. The van der Waals surface area contributed by atoms with Crippen LogP contribution in [0.4, 0.5) is 37.6 Å². The van der Waals surface area contributed by atoms with Gasteiger partial charge in [-0.1, -0.05) is 6.07 Å². The molecular weight excluding hydrogens is 685 g/mol. The summed E-state index contributed by atoms with van der Waals surface area (Å²) in [5.41, 5.74) is 2.57. The molecule has 2 aliphatic rings. The first-order chi connectivity index (χ1) is 23.8. The molecule has 6 rings (SSSR count). The van der Waals surface area contributed by atoms with Crippen molar-refractivity contribution in [3.63, 3.8) is 0 Å². The van der Waals surface area contributed by atoms with Crippen molar-refractivity contribution in [2.45, 2.75) is 44.1 Å². The maximum absolute atomic E-state index is 17.1. The zero-order valence-electron chi connectivity index (χ0n) is 27.6. The molecule has 0 aliphatic carbocycles. The molecule has 4 aromatic rings. The Balaban J connectivity index is 1.58. The lowest BCUT2D eigenvalue weighted by Crippen LogP contribution is -2.39. The van der Waals surface area contributed by atoms with Crippen molar-refractivity contribution in [2.75, 3.05) is 64.7 Å². The molecule has 2 aliphatic heterocycles. The smallest absolute Gasteiger partial charge is 0.417 e. The van der Waals surface area contributed by atoms with E-state index in [-0.39, 0.29) is 75.3 Å². The third kappa shape index (κ3) is 6.20. The van der Waals surface area contributed by atoms with Crippen LogP contribution >= 0.6 is 11.3 Å². The average Bonchev–Trinajstić information content (AvgIpc) is 3.81. The number of likely N-dealkylation sites (tertiary alicyclic amines) is 2. The molecule has 266 valence electrons. The number of fused-ring (bicyclic) bond motifs is 2. The molecule has 2 fully saturated rings. The van der Waals surface area contributed by atoms with Crippen LogP contribution in [-0.2, 0) is 15.7 Å². The van der Waals surface area contributed by atoms with Gasteiger partial charge in [-0.15, -0.1) is 11.3 Å². The van der Waals surface area contributed by atoms with E-state index in [4.69, 9.17) is 19.9 Å².